The summed E-state index contributed by atoms with van der Waals surface area (Å²) < 4.78 is 51.0. The molecule has 2 atom stereocenters. The standard InChI is InChI=1S/C12H14F2N2O3S/c1-15-20(18,19)6-11(17)16-10-5-8(10)7-3-2-4-9(13)12(7)14/h2-4,8,10,15H,5-6H2,1H3,(H,16,17)/t8-,10+/m0/s1. The summed E-state index contributed by atoms with van der Waals surface area (Å²) in [5.74, 6) is -3.51. The molecule has 2 rings (SSSR count). The van der Waals surface area contributed by atoms with E-state index in [1.165, 1.54) is 19.2 Å². The topological polar surface area (TPSA) is 75.3 Å². The molecule has 20 heavy (non-hydrogen) atoms. The van der Waals surface area contributed by atoms with Crippen LogP contribution in [0, 0.1) is 11.6 Å². The van der Waals surface area contributed by atoms with Crippen molar-refractivity contribution in [2.75, 3.05) is 12.8 Å². The van der Waals surface area contributed by atoms with Gasteiger partial charge < -0.3 is 5.32 Å². The summed E-state index contributed by atoms with van der Waals surface area (Å²) in [4.78, 5) is 11.5. The van der Waals surface area contributed by atoms with Crippen LogP contribution in [0.25, 0.3) is 0 Å². The van der Waals surface area contributed by atoms with Gasteiger partial charge in [0, 0.05) is 12.0 Å². The van der Waals surface area contributed by atoms with E-state index in [1.54, 1.807) is 0 Å². The van der Waals surface area contributed by atoms with Crippen LogP contribution in [-0.4, -0.2) is 33.2 Å². The van der Waals surface area contributed by atoms with Gasteiger partial charge in [0.05, 0.1) is 0 Å². The van der Waals surface area contributed by atoms with Crippen molar-refractivity contribution in [2.45, 2.75) is 18.4 Å². The highest BCUT2D eigenvalue weighted by molar-refractivity contribution is 7.90. The first-order valence-corrected chi connectivity index (χ1v) is 7.64. The number of halogens is 2. The third kappa shape index (κ3) is 3.31. The maximum absolute atomic E-state index is 13.5. The number of rotatable bonds is 5. The van der Waals surface area contributed by atoms with Crippen molar-refractivity contribution in [1.29, 1.82) is 0 Å². The third-order valence-electron chi connectivity index (χ3n) is 3.15. The minimum Gasteiger partial charge on any atom is -0.352 e. The number of hydrogen-bond acceptors (Lipinski definition) is 3. The minimum absolute atomic E-state index is 0.201. The molecule has 0 saturated heterocycles. The van der Waals surface area contributed by atoms with Gasteiger partial charge in [0.1, 0.15) is 5.75 Å². The molecule has 0 spiro atoms. The second-order valence-corrected chi connectivity index (χ2v) is 6.55. The molecule has 0 heterocycles. The lowest BCUT2D eigenvalue weighted by molar-refractivity contribution is -0.118. The first-order chi connectivity index (χ1) is 9.34. The largest absolute Gasteiger partial charge is 0.352 e. The van der Waals surface area contributed by atoms with Gasteiger partial charge >= 0.3 is 0 Å². The Balaban J connectivity index is 1.96. The predicted octanol–water partition coefficient (Wildman–Crippen LogP) is 0.486. The molecule has 1 aliphatic rings. The molecule has 1 aromatic rings. The summed E-state index contributed by atoms with van der Waals surface area (Å²) in [7, 11) is -2.42. The molecule has 2 N–H and O–H groups in total. The lowest BCUT2D eigenvalue weighted by Crippen LogP contribution is -2.36. The Hall–Kier alpha value is -1.54. The van der Waals surface area contributed by atoms with E-state index in [-0.39, 0.29) is 17.5 Å². The molecular weight excluding hydrogens is 290 g/mol. The molecular formula is C12H14F2N2O3S. The predicted molar refractivity (Wildman–Crippen MR) is 68.5 cm³/mol. The Morgan fingerprint density at radius 1 is 1.40 bits per heavy atom. The molecule has 1 aliphatic carbocycles. The number of amides is 1. The summed E-state index contributed by atoms with van der Waals surface area (Å²) in [6.07, 6.45) is 0.464. The third-order valence-corrected chi connectivity index (χ3v) is 4.41. The van der Waals surface area contributed by atoms with Gasteiger partial charge in [-0.1, -0.05) is 12.1 Å². The van der Waals surface area contributed by atoms with Gasteiger partial charge in [-0.2, -0.15) is 0 Å². The van der Waals surface area contributed by atoms with E-state index in [1.807, 2.05) is 4.72 Å². The molecule has 0 bridgehead atoms. The van der Waals surface area contributed by atoms with Crippen molar-refractivity contribution in [1.82, 2.24) is 10.0 Å². The summed E-state index contributed by atoms with van der Waals surface area (Å²) in [6.45, 7) is 0. The second-order valence-electron chi connectivity index (χ2n) is 4.62. The molecule has 5 nitrogen and oxygen atoms in total. The summed E-state index contributed by atoms with van der Waals surface area (Å²) in [5, 5.41) is 2.49. The average Bonchev–Trinajstić information content (AvgIpc) is 3.11. The minimum atomic E-state index is -3.63. The number of carbonyl (C=O) groups is 1. The van der Waals surface area contributed by atoms with Gasteiger partial charge in [-0.15, -0.1) is 0 Å². The van der Waals surface area contributed by atoms with E-state index in [0.29, 0.717) is 6.42 Å². The molecule has 1 amide bonds. The van der Waals surface area contributed by atoms with E-state index >= 15 is 0 Å². The number of benzene rings is 1. The highest BCUT2D eigenvalue weighted by atomic mass is 32.2. The molecule has 0 unspecified atom stereocenters. The van der Waals surface area contributed by atoms with E-state index in [4.69, 9.17) is 0 Å². The van der Waals surface area contributed by atoms with E-state index < -0.39 is 33.3 Å². The van der Waals surface area contributed by atoms with Crippen LogP contribution in [0.4, 0.5) is 8.78 Å². The molecule has 0 aliphatic heterocycles. The zero-order chi connectivity index (χ0) is 14.9. The van der Waals surface area contributed by atoms with Gasteiger partial charge in [0.15, 0.2) is 11.6 Å². The van der Waals surface area contributed by atoms with Crippen molar-refractivity contribution in [2.24, 2.45) is 0 Å². The lowest BCUT2D eigenvalue weighted by Gasteiger charge is -2.06. The van der Waals surface area contributed by atoms with Crippen LogP contribution in [0.3, 0.4) is 0 Å². The molecule has 0 aromatic heterocycles. The molecule has 1 aromatic carbocycles. The first-order valence-electron chi connectivity index (χ1n) is 5.98. The zero-order valence-corrected chi connectivity index (χ0v) is 11.5. The van der Waals surface area contributed by atoms with E-state index in [9.17, 15) is 22.0 Å². The average molecular weight is 304 g/mol. The lowest BCUT2D eigenvalue weighted by atomic mass is 10.1. The number of hydrogen-bond donors (Lipinski definition) is 2. The van der Waals surface area contributed by atoms with Crippen LogP contribution >= 0.6 is 0 Å². The highest BCUT2D eigenvalue weighted by Gasteiger charge is 2.41. The van der Waals surface area contributed by atoms with Crippen molar-refractivity contribution in [3.63, 3.8) is 0 Å². The number of carbonyl (C=O) groups excluding carboxylic acids is 1. The van der Waals surface area contributed by atoms with Crippen LogP contribution in [0.15, 0.2) is 18.2 Å². The van der Waals surface area contributed by atoms with Gasteiger partial charge in [-0.05, 0) is 25.1 Å². The van der Waals surface area contributed by atoms with Crippen LogP contribution in [-0.2, 0) is 14.8 Å². The Morgan fingerprint density at radius 2 is 2.10 bits per heavy atom. The van der Waals surface area contributed by atoms with E-state index in [0.717, 1.165) is 6.07 Å². The van der Waals surface area contributed by atoms with Crippen LogP contribution < -0.4 is 10.0 Å². The fraction of sp³-hybridized carbons (Fsp3) is 0.417. The van der Waals surface area contributed by atoms with Crippen LogP contribution in [0.2, 0.25) is 0 Å². The number of sulfonamides is 1. The monoisotopic (exact) mass is 304 g/mol. The molecule has 1 saturated carbocycles. The quantitative estimate of drug-likeness (QED) is 0.831. The smallest absolute Gasteiger partial charge is 0.236 e. The Kier molecular flexibility index (Phi) is 4.05. The fourth-order valence-corrected chi connectivity index (χ4v) is 2.57. The van der Waals surface area contributed by atoms with Gasteiger partial charge in [0.25, 0.3) is 0 Å². The van der Waals surface area contributed by atoms with Gasteiger partial charge in [-0.25, -0.2) is 21.9 Å². The summed E-state index contributed by atoms with van der Waals surface area (Å²) >= 11 is 0. The van der Waals surface area contributed by atoms with Crippen molar-refractivity contribution in [3.05, 3.63) is 35.4 Å². The van der Waals surface area contributed by atoms with Crippen molar-refractivity contribution in [3.8, 4) is 0 Å². The van der Waals surface area contributed by atoms with Crippen molar-refractivity contribution >= 4 is 15.9 Å². The maximum atomic E-state index is 13.5. The Labute approximate surface area is 115 Å². The summed E-state index contributed by atoms with van der Waals surface area (Å²) in [6, 6.07) is 3.52. The fourth-order valence-electron chi connectivity index (χ4n) is 2.00. The normalized spacial score (nSPS) is 21.6. The maximum Gasteiger partial charge on any atom is 0.236 e. The first kappa shape index (κ1) is 14.9. The van der Waals surface area contributed by atoms with Crippen LogP contribution in [0.1, 0.15) is 17.9 Å². The van der Waals surface area contributed by atoms with Gasteiger partial charge in [-0.3, -0.25) is 4.79 Å². The second kappa shape index (κ2) is 5.45. The molecule has 8 heteroatoms. The SMILES string of the molecule is CNS(=O)(=O)CC(=O)N[C@@H]1C[C@H]1c1cccc(F)c1F. The molecule has 0 radical (unpaired) electrons. The zero-order valence-electron chi connectivity index (χ0n) is 10.7. The highest BCUT2D eigenvalue weighted by Crippen LogP contribution is 2.42. The number of nitrogens with one attached hydrogen (secondary N) is 2. The summed E-state index contributed by atoms with van der Waals surface area (Å²) in [5.41, 5.74) is 0.201. The van der Waals surface area contributed by atoms with E-state index in [2.05, 4.69) is 5.32 Å². The van der Waals surface area contributed by atoms with Crippen molar-refractivity contribution < 1.29 is 22.0 Å². The van der Waals surface area contributed by atoms with Crippen LogP contribution in [0.5, 0.6) is 0 Å². The molecule has 110 valence electrons. The Bertz CT molecular complexity index is 634. The Morgan fingerprint density at radius 3 is 2.75 bits per heavy atom. The molecule has 1 fully saturated rings. The van der Waals surface area contributed by atoms with Gasteiger partial charge in [0.2, 0.25) is 15.9 Å².